The quantitative estimate of drug-likeness (QED) is 0.785. The van der Waals surface area contributed by atoms with Crippen LogP contribution in [0, 0.1) is 0 Å². The van der Waals surface area contributed by atoms with Crippen molar-refractivity contribution >= 4 is 24.5 Å². The van der Waals surface area contributed by atoms with Gasteiger partial charge in [0.2, 0.25) is 0 Å². The molecule has 0 aliphatic rings. The molecule has 1 atom stereocenters. The number of benzene rings is 1. The fraction of sp³-hybridized carbons (Fsp3) is 0.600. The van der Waals surface area contributed by atoms with E-state index in [0.29, 0.717) is 9.38 Å². The average Bonchev–Trinajstić information content (AvgIpc) is 2.31. The maximum atomic E-state index is 10.0. The van der Waals surface area contributed by atoms with Crippen LogP contribution in [0.25, 0.3) is 0 Å². The first kappa shape index (κ1) is 15.7. The van der Waals surface area contributed by atoms with Crippen molar-refractivity contribution in [2.24, 2.45) is 0 Å². The van der Waals surface area contributed by atoms with Gasteiger partial charge in [0.25, 0.3) is 0 Å². The molecule has 0 fully saturated rings. The van der Waals surface area contributed by atoms with Crippen molar-refractivity contribution in [3.05, 3.63) is 17.7 Å². The Kier molecular flexibility index (Phi) is 5.37. The van der Waals surface area contributed by atoms with E-state index >= 15 is 0 Å². The minimum absolute atomic E-state index is 0.229. The van der Waals surface area contributed by atoms with Gasteiger partial charge in [0.05, 0.1) is 0 Å². The molecule has 1 rings (SSSR count). The van der Waals surface area contributed by atoms with Gasteiger partial charge in [0.1, 0.15) is 0 Å². The van der Waals surface area contributed by atoms with Gasteiger partial charge in [-0.1, -0.05) is 0 Å². The van der Waals surface area contributed by atoms with Gasteiger partial charge in [-0.2, -0.15) is 0 Å². The van der Waals surface area contributed by atoms with Gasteiger partial charge in [-0.3, -0.25) is 0 Å². The third kappa shape index (κ3) is 3.80. The fourth-order valence-electron chi connectivity index (χ4n) is 1.64. The summed E-state index contributed by atoms with van der Waals surface area (Å²) in [6, 6.07) is 3.55. The Hall–Kier alpha value is -0.390. The standard InChI is InChI=1S/C15H24O2Te/c1-6-10(3)11-8-14(13(17)9-12(11)16)18-15(4,5)7-2/h8-10,16-17H,6-7H2,1-5H3. The van der Waals surface area contributed by atoms with E-state index in [4.69, 9.17) is 0 Å². The first-order chi connectivity index (χ1) is 8.30. The van der Waals surface area contributed by atoms with Gasteiger partial charge in [-0.25, -0.2) is 0 Å². The summed E-state index contributed by atoms with van der Waals surface area (Å²) in [6.45, 7) is 10.9. The van der Waals surface area contributed by atoms with E-state index in [1.165, 1.54) is 6.07 Å². The number of hydrogen-bond acceptors (Lipinski definition) is 2. The topological polar surface area (TPSA) is 40.5 Å². The Bertz CT molecular complexity index is 413. The second-order valence-electron chi connectivity index (χ2n) is 5.40. The second kappa shape index (κ2) is 6.17. The summed E-state index contributed by atoms with van der Waals surface area (Å²) in [5.41, 5.74) is 0.974. The summed E-state index contributed by atoms with van der Waals surface area (Å²) in [5.74, 6) is 0.831. The van der Waals surface area contributed by atoms with Crippen molar-refractivity contribution in [2.45, 2.75) is 56.8 Å². The van der Waals surface area contributed by atoms with Gasteiger partial charge in [-0.15, -0.1) is 0 Å². The van der Waals surface area contributed by atoms with E-state index in [1.54, 1.807) is 0 Å². The predicted molar refractivity (Wildman–Crippen MR) is 78.2 cm³/mol. The number of rotatable bonds is 5. The molecule has 0 amide bonds. The molecule has 102 valence electrons. The van der Waals surface area contributed by atoms with E-state index in [9.17, 15) is 10.2 Å². The summed E-state index contributed by atoms with van der Waals surface area (Å²) in [5, 5.41) is 19.9. The summed E-state index contributed by atoms with van der Waals surface area (Å²) in [6.07, 6.45) is 2.11. The third-order valence-electron chi connectivity index (χ3n) is 3.49. The van der Waals surface area contributed by atoms with Gasteiger partial charge >= 0.3 is 121 Å². The van der Waals surface area contributed by atoms with Crippen LogP contribution in [0.5, 0.6) is 11.5 Å². The van der Waals surface area contributed by atoms with Crippen LogP contribution in [0.1, 0.15) is 58.9 Å². The van der Waals surface area contributed by atoms with E-state index in [0.717, 1.165) is 22.0 Å². The molecule has 2 nitrogen and oxygen atoms in total. The molecular formula is C15H24O2Te. The van der Waals surface area contributed by atoms with Crippen LogP contribution in [-0.2, 0) is 0 Å². The molecule has 1 unspecified atom stereocenters. The van der Waals surface area contributed by atoms with Gasteiger partial charge in [0.15, 0.2) is 0 Å². The Labute approximate surface area is 121 Å². The van der Waals surface area contributed by atoms with Crippen molar-refractivity contribution < 1.29 is 10.2 Å². The minimum atomic E-state index is -0.462. The van der Waals surface area contributed by atoms with Crippen LogP contribution < -0.4 is 3.61 Å². The zero-order valence-corrected chi connectivity index (χ0v) is 14.3. The molecule has 0 bridgehead atoms. The Balaban J connectivity index is 3.13. The molecular weight excluding hydrogens is 340 g/mol. The summed E-state index contributed by atoms with van der Waals surface area (Å²) >= 11 is -0.462. The van der Waals surface area contributed by atoms with Crippen molar-refractivity contribution in [2.75, 3.05) is 0 Å². The molecule has 3 heteroatoms. The van der Waals surface area contributed by atoms with E-state index in [1.807, 2.05) is 6.07 Å². The number of phenolic OH excluding ortho intramolecular Hbond substituents is 2. The summed E-state index contributed by atoms with van der Waals surface area (Å²) < 4.78 is 1.37. The first-order valence-electron chi connectivity index (χ1n) is 6.55. The van der Waals surface area contributed by atoms with E-state index < -0.39 is 20.9 Å². The van der Waals surface area contributed by atoms with Crippen LogP contribution in [0.2, 0.25) is 3.46 Å². The zero-order chi connectivity index (χ0) is 13.9. The molecule has 0 aliphatic heterocycles. The molecule has 1 aromatic carbocycles. The first-order valence-corrected chi connectivity index (χ1v) is 8.88. The van der Waals surface area contributed by atoms with Gasteiger partial charge < -0.3 is 0 Å². The molecule has 0 saturated heterocycles. The van der Waals surface area contributed by atoms with E-state index in [-0.39, 0.29) is 11.5 Å². The SMILES string of the molecule is CCC(C)c1cc([Te]C(C)(C)CC)c(O)cc1O. The normalized spacial score (nSPS) is 13.6. The summed E-state index contributed by atoms with van der Waals surface area (Å²) in [7, 11) is 0. The molecule has 0 heterocycles. The molecule has 2 N–H and O–H groups in total. The van der Waals surface area contributed by atoms with Crippen molar-refractivity contribution in [1.29, 1.82) is 0 Å². The number of aromatic hydroxyl groups is 2. The third-order valence-corrected chi connectivity index (χ3v) is 7.45. The Morgan fingerprint density at radius 1 is 1.17 bits per heavy atom. The van der Waals surface area contributed by atoms with Crippen LogP contribution in [-0.4, -0.2) is 31.1 Å². The zero-order valence-electron chi connectivity index (χ0n) is 11.9. The predicted octanol–water partition coefficient (Wildman–Crippen LogP) is 3.55. The Morgan fingerprint density at radius 2 is 1.78 bits per heavy atom. The van der Waals surface area contributed by atoms with Gasteiger partial charge in [-0.05, 0) is 0 Å². The average molecular weight is 364 g/mol. The molecule has 0 radical (unpaired) electrons. The summed E-state index contributed by atoms with van der Waals surface area (Å²) in [4.78, 5) is 0. The van der Waals surface area contributed by atoms with E-state index in [2.05, 4.69) is 34.6 Å². The van der Waals surface area contributed by atoms with Crippen molar-refractivity contribution in [1.82, 2.24) is 0 Å². The Morgan fingerprint density at radius 3 is 2.28 bits per heavy atom. The van der Waals surface area contributed by atoms with Crippen LogP contribution in [0.15, 0.2) is 12.1 Å². The molecule has 0 spiro atoms. The van der Waals surface area contributed by atoms with Crippen LogP contribution in [0.3, 0.4) is 0 Å². The fourth-order valence-corrected chi connectivity index (χ4v) is 4.75. The molecule has 0 aromatic heterocycles. The maximum absolute atomic E-state index is 10.0. The van der Waals surface area contributed by atoms with Crippen LogP contribution >= 0.6 is 0 Å². The second-order valence-corrected chi connectivity index (χ2v) is 10.4. The van der Waals surface area contributed by atoms with Crippen molar-refractivity contribution in [3.8, 4) is 11.5 Å². The number of hydrogen-bond donors (Lipinski definition) is 2. The monoisotopic (exact) mass is 366 g/mol. The molecule has 0 saturated carbocycles. The van der Waals surface area contributed by atoms with Gasteiger partial charge in [0, 0.05) is 0 Å². The molecule has 1 aromatic rings. The molecule has 18 heavy (non-hydrogen) atoms. The molecule has 0 aliphatic carbocycles. The van der Waals surface area contributed by atoms with Crippen molar-refractivity contribution in [3.63, 3.8) is 0 Å². The van der Waals surface area contributed by atoms with Crippen LogP contribution in [0.4, 0.5) is 0 Å². The number of phenols is 2.